The Morgan fingerprint density at radius 2 is 2.22 bits per heavy atom. The molecule has 0 spiro atoms. The predicted molar refractivity (Wildman–Crippen MR) is 91.5 cm³/mol. The maximum absolute atomic E-state index is 11.9. The lowest BCUT2D eigenvalue weighted by molar-refractivity contribution is -0.118. The number of primary sulfonamides is 1. The number of nitrogens with zero attached hydrogens (tertiary/aromatic N) is 2. The third kappa shape index (κ3) is 4.15. The number of nitrogens with two attached hydrogens (primary N) is 1. The van der Waals surface area contributed by atoms with Crippen molar-refractivity contribution in [2.75, 3.05) is 0 Å². The highest BCUT2D eigenvalue weighted by Gasteiger charge is 2.12. The van der Waals surface area contributed by atoms with E-state index in [1.807, 2.05) is 11.5 Å². The summed E-state index contributed by atoms with van der Waals surface area (Å²) < 4.78 is 25.5. The van der Waals surface area contributed by atoms with Gasteiger partial charge < -0.3 is 4.57 Å². The Morgan fingerprint density at radius 1 is 1.48 bits per heavy atom. The van der Waals surface area contributed by atoms with Crippen LogP contribution in [0.2, 0.25) is 0 Å². The fourth-order valence-corrected chi connectivity index (χ4v) is 3.82. The fraction of sp³-hybridized carbons (Fsp3) is 0.333. The number of amides is 1. The summed E-state index contributed by atoms with van der Waals surface area (Å²) in [6, 6.07) is 4.63. The normalized spacial score (nSPS) is 12.7. The molecule has 0 aliphatic rings. The molecule has 0 unspecified atom stereocenters. The molecule has 0 aliphatic carbocycles. The number of hydrogen-bond donors (Lipinski definition) is 1. The molecule has 0 bridgehead atoms. The lowest BCUT2D eigenvalue weighted by Gasteiger charge is -2.02. The van der Waals surface area contributed by atoms with Crippen LogP contribution in [0.25, 0.3) is 10.2 Å². The summed E-state index contributed by atoms with van der Waals surface area (Å²) in [5.41, 5.74) is 0.796. The van der Waals surface area contributed by atoms with E-state index in [-0.39, 0.29) is 10.8 Å². The zero-order valence-electron chi connectivity index (χ0n) is 12.9. The number of aromatic nitrogens is 1. The molecule has 0 saturated heterocycles. The first-order valence-corrected chi connectivity index (χ1v) is 9.57. The Balaban J connectivity index is 2.60. The maximum Gasteiger partial charge on any atom is 0.248 e. The van der Waals surface area contributed by atoms with Gasteiger partial charge in [0.15, 0.2) is 4.80 Å². The molecule has 0 radical (unpaired) electrons. The molecule has 8 heteroatoms. The smallest absolute Gasteiger partial charge is 0.248 e. The Kier molecular flexibility index (Phi) is 5.51. The molecule has 1 aromatic heterocycles. The number of unbranched alkanes of at least 4 members (excludes halogenated alkanes) is 1. The highest BCUT2D eigenvalue weighted by molar-refractivity contribution is 7.89. The minimum atomic E-state index is -3.77. The summed E-state index contributed by atoms with van der Waals surface area (Å²) in [5.74, 6) is -0.178. The monoisotopic (exact) mass is 353 g/mol. The van der Waals surface area contributed by atoms with E-state index in [0.29, 0.717) is 22.5 Å². The van der Waals surface area contributed by atoms with Crippen LogP contribution in [0.1, 0.15) is 26.2 Å². The largest absolute Gasteiger partial charge is 0.313 e. The summed E-state index contributed by atoms with van der Waals surface area (Å²) in [6.07, 6.45) is 3.83. The van der Waals surface area contributed by atoms with Crippen molar-refractivity contribution >= 4 is 37.5 Å². The molecule has 0 atom stereocenters. The van der Waals surface area contributed by atoms with E-state index in [1.165, 1.54) is 23.5 Å². The first-order chi connectivity index (χ1) is 10.9. The van der Waals surface area contributed by atoms with Gasteiger partial charge in [-0.15, -0.1) is 6.58 Å². The first kappa shape index (κ1) is 17.6. The van der Waals surface area contributed by atoms with Crippen molar-refractivity contribution in [2.45, 2.75) is 37.6 Å². The van der Waals surface area contributed by atoms with Crippen LogP contribution in [-0.4, -0.2) is 18.9 Å². The maximum atomic E-state index is 11.9. The summed E-state index contributed by atoms with van der Waals surface area (Å²) >= 11 is 1.26. The molecule has 0 fully saturated rings. The van der Waals surface area contributed by atoms with Crippen LogP contribution < -0.4 is 9.94 Å². The molecule has 1 heterocycles. The number of rotatable bonds is 6. The van der Waals surface area contributed by atoms with Crippen molar-refractivity contribution in [3.8, 4) is 0 Å². The number of thiazole rings is 1. The molecule has 23 heavy (non-hydrogen) atoms. The lowest BCUT2D eigenvalue weighted by atomic mass is 10.2. The number of carbonyl (C=O) groups excluding carboxylic acids is 1. The van der Waals surface area contributed by atoms with Crippen molar-refractivity contribution in [3.63, 3.8) is 0 Å². The van der Waals surface area contributed by atoms with Crippen LogP contribution in [0.4, 0.5) is 0 Å². The highest BCUT2D eigenvalue weighted by atomic mass is 32.2. The summed E-state index contributed by atoms with van der Waals surface area (Å²) in [6.45, 7) is 6.20. The van der Waals surface area contributed by atoms with E-state index in [4.69, 9.17) is 5.14 Å². The average molecular weight is 353 g/mol. The lowest BCUT2D eigenvalue weighted by Crippen LogP contribution is -2.16. The van der Waals surface area contributed by atoms with E-state index in [0.717, 1.165) is 18.4 Å². The minimum absolute atomic E-state index is 0.0425. The van der Waals surface area contributed by atoms with Gasteiger partial charge in [0.2, 0.25) is 15.9 Å². The van der Waals surface area contributed by atoms with Crippen LogP contribution >= 0.6 is 11.3 Å². The van der Waals surface area contributed by atoms with E-state index in [1.54, 1.807) is 12.1 Å². The third-order valence-electron chi connectivity index (χ3n) is 3.26. The van der Waals surface area contributed by atoms with Gasteiger partial charge in [-0.1, -0.05) is 30.8 Å². The highest BCUT2D eigenvalue weighted by Crippen LogP contribution is 2.21. The minimum Gasteiger partial charge on any atom is -0.313 e. The van der Waals surface area contributed by atoms with Crippen LogP contribution in [0.3, 0.4) is 0 Å². The molecule has 6 nitrogen and oxygen atoms in total. The van der Waals surface area contributed by atoms with E-state index >= 15 is 0 Å². The number of carbonyl (C=O) groups is 1. The van der Waals surface area contributed by atoms with Crippen molar-refractivity contribution in [1.29, 1.82) is 0 Å². The second-order valence-corrected chi connectivity index (χ2v) is 7.64. The van der Waals surface area contributed by atoms with Gasteiger partial charge in [-0.3, -0.25) is 4.79 Å². The predicted octanol–water partition coefficient (Wildman–Crippen LogP) is 2.15. The van der Waals surface area contributed by atoms with Gasteiger partial charge in [-0.25, -0.2) is 13.6 Å². The van der Waals surface area contributed by atoms with Gasteiger partial charge >= 0.3 is 0 Å². The zero-order chi connectivity index (χ0) is 17.0. The van der Waals surface area contributed by atoms with Gasteiger partial charge in [0.1, 0.15) is 0 Å². The van der Waals surface area contributed by atoms with Gasteiger partial charge in [0, 0.05) is 13.0 Å². The molecule has 0 aliphatic heterocycles. The topological polar surface area (TPSA) is 94.5 Å². The molecule has 2 rings (SSSR count). The van der Waals surface area contributed by atoms with Crippen molar-refractivity contribution in [3.05, 3.63) is 35.7 Å². The SMILES string of the molecule is C=CCn1c(=NC(=O)CCCC)sc2cc(S(N)(=O)=O)ccc21. The molecule has 2 N–H and O–H groups in total. The number of hydrogen-bond acceptors (Lipinski definition) is 4. The second-order valence-electron chi connectivity index (χ2n) is 5.07. The van der Waals surface area contributed by atoms with Crippen LogP contribution in [-0.2, 0) is 21.4 Å². The number of benzene rings is 1. The zero-order valence-corrected chi connectivity index (χ0v) is 14.5. The standard InChI is InChI=1S/C15H19N3O3S2/c1-3-5-6-14(19)17-15-18(9-4-2)12-8-7-11(23(16,20)21)10-13(12)22-15/h4,7-8,10H,2-3,5-6,9H2,1H3,(H2,16,20,21). The van der Waals surface area contributed by atoms with Crippen LogP contribution in [0.15, 0.2) is 40.7 Å². The molecular weight excluding hydrogens is 334 g/mol. The average Bonchev–Trinajstić information content (AvgIpc) is 2.81. The summed E-state index contributed by atoms with van der Waals surface area (Å²) in [5, 5.41) is 5.16. The van der Waals surface area contributed by atoms with Crippen molar-refractivity contribution in [1.82, 2.24) is 4.57 Å². The quantitative estimate of drug-likeness (QED) is 0.806. The van der Waals surface area contributed by atoms with Crippen molar-refractivity contribution < 1.29 is 13.2 Å². The Bertz CT molecular complexity index is 908. The molecular formula is C15H19N3O3S2. The Labute approximate surface area is 139 Å². The van der Waals surface area contributed by atoms with Crippen LogP contribution in [0, 0.1) is 0 Å². The Morgan fingerprint density at radius 3 is 2.83 bits per heavy atom. The summed E-state index contributed by atoms with van der Waals surface area (Å²) in [4.78, 5) is 16.7. The van der Waals surface area contributed by atoms with Gasteiger partial charge in [-0.2, -0.15) is 4.99 Å². The summed E-state index contributed by atoms with van der Waals surface area (Å²) in [7, 11) is -3.77. The number of sulfonamides is 1. The number of allylic oxidation sites excluding steroid dienone is 1. The van der Waals surface area contributed by atoms with Gasteiger partial charge in [0.05, 0.1) is 15.1 Å². The third-order valence-corrected chi connectivity index (χ3v) is 5.21. The molecule has 124 valence electrons. The molecule has 1 amide bonds. The molecule has 0 saturated carbocycles. The number of fused-ring (bicyclic) bond motifs is 1. The molecule has 2 aromatic rings. The van der Waals surface area contributed by atoms with Gasteiger partial charge in [0.25, 0.3) is 0 Å². The van der Waals surface area contributed by atoms with Gasteiger partial charge in [-0.05, 0) is 24.6 Å². The van der Waals surface area contributed by atoms with E-state index < -0.39 is 10.0 Å². The Hall–Kier alpha value is -1.77. The van der Waals surface area contributed by atoms with Crippen LogP contribution in [0.5, 0.6) is 0 Å². The van der Waals surface area contributed by atoms with E-state index in [2.05, 4.69) is 11.6 Å². The van der Waals surface area contributed by atoms with Crippen molar-refractivity contribution in [2.24, 2.45) is 10.1 Å². The molecule has 1 aromatic carbocycles. The second kappa shape index (κ2) is 7.20. The fourth-order valence-electron chi connectivity index (χ4n) is 2.11. The van der Waals surface area contributed by atoms with E-state index in [9.17, 15) is 13.2 Å². The first-order valence-electron chi connectivity index (χ1n) is 7.21.